The molecular weight excluding hydrogens is 427 g/mol. The number of halogens is 1. The number of methoxy groups -OCH3 is 1. The Kier molecular flexibility index (Phi) is 10.2. The van der Waals surface area contributed by atoms with Gasteiger partial charge in [0, 0.05) is 26.2 Å². The molecule has 1 fully saturated rings. The van der Waals surface area contributed by atoms with Crippen molar-refractivity contribution in [2.75, 3.05) is 40.3 Å². The summed E-state index contributed by atoms with van der Waals surface area (Å²) in [6, 6.07) is 6.94. The number of hydrogen-bond donors (Lipinski definition) is 2. The quantitative estimate of drug-likeness (QED) is 0.373. The van der Waals surface area contributed by atoms with Crippen LogP contribution in [0.5, 0.6) is 5.75 Å². The van der Waals surface area contributed by atoms with Gasteiger partial charge in [0.1, 0.15) is 5.75 Å². The fourth-order valence-electron chi connectivity index (χ4n) is 3.40. The molecule has 2 rings (SSSR count). The molecule has 25 heavy (non-hydrogen) atoms. The van der Waals surface area contributed by atoms with Crippen LogP contribution in [0, 0.1) is 6.92 Å². The standard InChI is InChI=1S/C19H32N4O.HI/c1-5-23-12-6-7-17(23)14-22-19(20-3)21-11-10-16-13-15(2)8-9-18(16)24-4;/h8-9,13,17H,5-7,10-12,14H2,1-4H3,(H2,20,21,22);1H. The molecule has 2 N–H and O–H groups in total. The Labute approximate surface area is 169 Å². The van der Waals surface area contributed by atoms with Crippen molar-refractivity contribution in [3.63, 3.8) is 0 Å². The lowest BCUT2D eigenvalue weighted by atomic mass is 10.1. The van der Waals surface area contributed by atoms with E-state index in [1.54, 1.807) is 7.11 Å². The number of likely N-dealkylation sites (N-methyl/N-ethyl adjacent to an activating group) is 1. The van der Waals surface area contributed by atoms with Crippen LogP contribution in [0.1, 0.15) is 30.9 Å². The molecule has 1 aliphatic heterocycles. The second-order valence-electron chi connectivity index (χ2n) is 6.37. The average Bonchev–Trinajstić information content (AvgIpc) is 3.05. The Morgan fingerprint density at radius 1 is 1.36 bits per heavy atom. The van der Waals surface area contributed by atoms with Crippen molar-refractivity contribution in [3.8, 4) is 5.75 Å². The lowest BCUT2D eigenvalue weighted by molar-refractivity contribution is 0.267. The van der Waals surface area contributed by atoms with Gasteiger partial charge in [-0.2, -0.15) is 0 Å². The van der Waals surface area contributed by atoms with Gasteiger partial charge in [-0.1, -0.05) is 24.6 Å². The number of likely N-dealkylation sites (tertiary alicyclic amines) is 1. The molecule has 6 heteroatoms. The van der Waals surface area contributed by atoms with E-state index in [0.29, 0.717) is 6.04 Å². The zero-order chi connectivity index (χ0) is 17.4. The summed E-state index contributed by atoms with van der Waals surface area (Å²) < 4.78 is 5.44. The SMILES string of the molecule is CCN1CCCC1CNC(=NC)NCCc1cc(C)ccc1OC.I. The Bertz CT molecular complexity index is 550. The number of nitrogens with one attached hydrogen (secondary N) is 2. The molecule has 1 aromatic carbocycles. The van der Waals surface area contributed by atoms with E-state index in [0.717, 1.165) is 37.8 Å². The number of aliphatic imine (C=N–C) groups is 1. The first-order chi connectivity index (χ1) is 11.7. The van der Waals surface area contributed by atoms with Gasteiger partial charge in [0.2, 0.25) is 0 Å². The van der Waals surface area contributed by atoms with E-state index in [-0.39, 0.29) is 24.0 Å². The minimum Gasteiger partial charge on any atom is -0.496 e. The Balaban J connectivity index is 0.00000312. The first-order valence-electron chi connectivity index (χ1n) is 9.00. The summed E-state index contributed by atoms with van der Waals surface area (Å²) >= 11 is 0. The summed E-state index contributed by atoms with van der Waals surface area (Å²) in [6.45, 7) is 8.50. The number of ether oxygens (including phenoxy) is 1. The van der Waals surface area contributed by atoms with E-state index in [9.17, 15) is 0 Å². The van der Waals surface area contributed by atoms with Crippen LogP contribution in [0.3, 0.4) is 0 Å². The van der Waals surface area contributed by atoms with Crippen LogP contribution < -0.4 is 15.4 Å². The molecule has 0 saturated carbocycles. The monoisotopic (exact) mass is 460 g/mol. The molecule has 1 saturated heterocycles. The summed E-state index contributed by atoms with van der Waals surface area (Å²) in [6.07, 6.45) is 3.49. The highest BCUT2D eigenvalue weighted by molar-refractivity contribution is 14.0. The largest absolute Gasteiger partial charge is 0.496 e. The lowest BCUT2D eigenvalue weighted by Gasteiger charge is -2.24. The molecule has 0 bridgehead atoms. The van der Waals surface area contributed by atoms with Crippen molar-refractivity contribution >= 4 is 29.9 Å². The first kappa shape index (κ1) is 22.0. The van der Waals surface area contributed by atoms with Gasteiger partial charge >= 0.3 is 0 Å². The summed E-state index contributed by atoms with van der Waals surface area (Å²) in [5.74, 6) is 1.83. The topological polar surface area (TPSA) is 48.9 Å². The number of benzene rings is 1. The molecule has 1 unspecified atom stereocenters. The van der Waals surface area contributed by atoms with Crippen molar-refractivity contribution < 1.29 is 4.74 Å². The summed E-state index contributed by atoms with van der Waals surface area (Å²) in [4.78, 5) is 6.88. The van der Waals surface area contributed by atoms with Crippen molar-refractivity contribution in [3.05, 3.63) is 29.3 Å². The predicted molar refractivity (Wildman–Crippen MR) is 116 cm³/mol. The van der Waals surface area contributed by atoms with Crippen LogP contribution in [0.25, 0.3) is 0 Å². The summed E-state index contributed by atoms with van der Waals surface area (Å²) in [5, 5.41) is 6.88. The molecule has 0 spiro atoms. The highest BCUT2D eigenvalue weighted by atomic mass is 127. The third-order valence-corrected chi connectivity index (χ3v) is 4.76. The normalized spacial score (nSPS) is 17.9. The van der Waals surface area contributed by atoms with Crippen LogP contribution in [0.15, 0.2) is 23.2 Å². The number of hydrogen-bond acceptors (Lipinski definition) is 3. The second kappa shape index (κ2) is 11.6. The van der Waals surface area contributed by atoms with Crippen LogP contribution >= 0.6 is 24.0 Å². The maximum atomic E-state index is 5.44. The fraction of sp³-hybridized carbons (Fsp3) is 0.632. The molecule has 0 aromatic heterocycles. The van der Waals surface area contributed by atoms with Gasteiger partial charge in [-0.25, -0.2) is 0 Å². The van der Waals surface area contributed by atoms with E-state index >= 15 is 0 Å². The number of guanidine groups is 1. The maximum Gasteiger partial charge on any atom is 0.191 e. The fourth-order valence-corrected chi connectivity index (χ4v) is 3.40. The Morgan fingerprint density at radius 2 is 2.16 bits per heavy atom. The Hall–Kier alpha value is -1.02. The van der Waals surface area contributed by atoms with Crippen LogP contribution in [-0.4, -0.2) is 57.2 Å². The summed E-state index contributed by atoms with van der Waals surface area (Å²) in [5.41, 5.74) is 2.49. The molecule has 1 heterocycles. The minimum atomic E-state index is 0. The Morgan fingerprint density at radius 3 is 2.84 bits per heavy atom. The molecule has 1 aliphatic rings. The van der Waals surface area contributed by atoms with Crippen LogP contribution in [0.2, 0.25) is 0 Å². The highest BCUT2D eigenvalue weighted by Gasteiger charge is 2.22. The maximum absolute atomic E-state index is 5.44. The van der Waals surface area contributed by atoms with Gasteiger partial charge < -0.3 is 15.4 Å². The van der Waals surface area contributed by atoms with E-state index in [4.69, 9.17) is 4.74 Å². The molecular formula is C19H33IN4O. The number of aryl methyl sites for hydroxylation is 1. The number of nitrogens with zero attached hydrogens (tertiary/aromatic N) is 2. The molecule has 0 radical (unpaired) electrons. The van der Waals surface area contributed by atoms with E-state index < -0.39 is 0 Å². The van der Waals surface area contributed by atoms with Gasteiger partial charge in [-0.05, 0) is 50.9 Å². The molecule has 1 atom stereocenters. The highest BCUT2D eigenvalue weighted by Crippen LogP contribution is 2.19. The number of rotatable bonds is 7. The van der Waals surface area contributed by atoms with Crippen molar-refractivity contribution in [1.82, 2.24) is 15.5 Å². The van der Waals surface area contributed by atoms with Gasteiger partial charge in [-0.3, -0.25) is 9.89 Å². The molecule has 5 nitrogen and oxygen atoms in total. The third-order valence-electron chi connectivity index (χ3n) is 4.76. The predicted octanol–water partition coefficient (Wildman–Crippen LogP) is 2.81. The lowest BCUT2D eigenvalue weighted by Crippen LogP contribution is -2.45. The van der Waals surface area contributed by atoms with Gasteiger partial charge in [-0.15, -0.1) is 24.0 Å². The smallest absolute Gasteiger partial charge is 0.191 e. The van der Waals surface area contributed by atoms with Crippen LogP contribution in [0.4, 0.5) is 0 Å². The summed E-state index contributed by atoms with van der Waals surface area (Å²) in [7, 11) is 3.55. The van der Waals surface area contributed by atoms with E-state index in [1.165, 1.54) is 30.5 Å². The zero-order valence-electron chi connectivity index (χ0n) is 16.0. The van der Waals surface area contributed by atoms with Crippen molar-refractivity contribution in [2.24, 2.45) is 4.99 Å². The van der Waals surface area contributed by atoms with Gasteiger partial charge in [0.15, 0.2) is 5.96 Å². The third kappa shape index (κ3) is 6.66. The van der Waals surface area contributed by atoms with E-state index in [1.807, 2.05) is 13.1 Å². The first-order valence-corrected chi connectivity index (χ1v) is 9.00. The van der Waals surface area contributed by atoms with Crippen molar-refractivity contribution in [2.45, 2.75) is 39.2 Å². The minimum absolute atomic E-state index is 0. The van der Waals surface area contributed by atoms with Crippen molar-refractivity contribution in [1.29, 1.82) is 0 Å². The average molecular weight is 460 g/mol. The zero-order valence-corrected chi connectivity index (χ0v) is 18.3. The molecule has 142 valence electrons. The molecule has 0 aliphatic carbocycles. The van der Waals surface area contributed by atoms with Crippen LogP contribution in [-0.2, 0) is 6.42 Å². The van der Waals surface area contributed by atoms with Gasteiger partial charge in [0.25, 0.3) is 0 Å². The van der Waals surface area contributed by atoms with E-state index in [2.05, 4.69) is 46.5 Å². The van der Waals surface area contributed by atoms with Gasteiger partial charge in [0.05, 0.1) is 7.11 Å². The molecule has 0 amide bonds. The molecule has 1 aromatic rings. The second-order valence-corrected chi connectivity index (χ2v) is 6.37.